The monoisotopic (exact) mass is 274 g/mol. The van der Waals surface area contributed by atoms with E-state index in [1.807, 2.05) is 0 Å². The van der Waals surface area contributed by atoms with Crippen LogP contribution in [0.25, 0.3) is 0 Å². The molecule has 0 unspecified atom stereocenters. The van der Waals surface area contributed by atoms with E-state index in [0.29, 0.717) is 0 Å². The van der Waals surface area contributed by atoms with Gasteiger partial charge in [-0.05, 0) is 37.5 Å². The first-order chi connectivity index (χ1) is 8.44. The first kappa shape index (κ1) is 13.8. The summed E-state index contributed by atoms with van der Waals surface area (Å²) < 4.78 is 24.0. The molecule has 2 fully saturated rings. The first-order valence-electron chi connectivity index (χ1n) is 6.68. The molecule has 2 rings (SSSR count). The predicted octanol–water partition coefficient (Wildman–Crippen LogP) is 0.621. The molecule has 0 spiro atoms. The summed E-state index contributed by atoms with van der Waals surface area (Å²) in [5.41, 5.74) is 0. The van der Waals surface area contributed by atoms with Crippen LogP contribution in [0.4, 0.5) is 0 Å². The Labute approximate surface area is 109 Å². The zero-order chi connectivity index (χ0) is 13.2. The molecule has 0 aliphatic heterocycles. The van der Waals surface area contributed by atoms with E-state index in [1.165, 1.54) is 25.7 Å². The summed E-state index contributed by atoms with van der Waals surface area (Å²) in [6, 6.07) is 0.234. The molecule has 0 heterocycles. The molecule has 104 valence electrons. The standard InChI is InChI=1S/C12H22N2O3S/c1-18(16,17)13-8-12(15)14-11-4-2-3-10(7-11)9-5-6-9/h9-11,13H,2-8H2,1H3,(H,14,15)/t10-,11+/m0/s1. The molecule has 0 bridgehead atoms. The van der Waals surface area contributed by atoms with Crippen LogP contribution >= 0.6 is 0 Å². The summed E-state index contributed by atoms with van der Waals surface area (Å²) in [5.74, 6) is 1.44. The minimum Gasteiger partial charge on any atom is -0.352 e. The van der Waals surface area contributed by atoms with Crippen molar-refractivity contribution in [2.75, 3.05) is 12.8 Å². The van der Waals surface area contributed by atoms with Crippen molar-refractivity contribution in [3.63, 3.8) is 0 Å². The predicted molar refractivity (Wildman–Crippen MR) is 69.5 cm³/mol. The van der Waals surface area contributed by atoms with E-state index in [1.54, 1.807) is 0 Å². The van der Waals surface area contributed by atoms with E-state index < -0.39 is 10.0 Å². The lowest BCUT2D eigenvalue weighted by Gasteiger charge is -2.29. The fourth-order valence-electron chi connectivity index (χ4n) is 2.83. The molecule has 2 saturated carbocycles. The molecule has 2 aliphatic rings. The molecule has 0 saturated heterocycles. The molecule has 5 nitrogen and oxygen atoms in total. The van der Waals surface area contributed by atoms with Gasteiger partial charge in [0.05, 0.1) is 12.8 Å². The highest BCUT2D eigenvalue weighted by Gasteiger charge is 2.34. The summed E-state index contributed by atoms with van der Waals surface area (Å²) in [7, 11) is -3.29. The molecule has 0 aromatic heterocycles. The number of hydrogen-bond acceptors (Lipinski definition) is 3. The number of carbonyl (C=O) groups excluding carboxylic acids is 1. The average molecular weight is 274 g/mol. The third kappa shape index (κ3) is 4.57. The van der Waals surface area contributed by atoms with Crippen LogP contribution in [-0.2, 0) is 14.8 Å². The molecule has 2 aliphatic carbocycles. The Balaban J connectivity index is 1.72. The Morgan fingerprint density at radius 3 is 2.50 bits per heavy atom. The Kier molecular flexibility index (Phi) is 4.27. The van der Waals surface area contributed by atoms with Gasteiger partial charge in [0.15, 0.2) is 0 Å². The van der Waals surface area contributed by atoms with Crippen LogP contribution in [0.3, 0.4) is 0 Å². The second-order valence-electron chi connectivity index (χ2n) is 5.62. The van der Waals surface area contributed by atoms with Crippen LogP contribution in [0.1, 0.15) is 38.5 Å². The fourth-order valence-corrected chi connectivity index (χ4v) is 3.22. The van der Waals surface area contributed by atoms with Crippen molar-refractivity contribution in [3.8, 4) is 0 Å². The van der Waals surface area contributed by atoms with Crippen LogP contribution in [0.15, 0.2) is 0 Å². The van der Waals surface area contributed by atoms with Crippen molar-refractivity contribution in [3.05, 3.63) is 0 Å². The maximum Gasteiger partial charge on any atom is 0.235 e. The second kappa shape index (κ2) is 5.57. The van der Waals surface area contributed by atoms with Gasteiger partial charge >= 0.3 is 0 Å². The summed E-state index contributed by atoms with van der Waals surface area (Å²) >= 11 is 0. The molecule has 18 heavy (non-hydrogen) atoms. The maximum atomic E-state index is 11.6. The lowest BCUT2D eigenvalue weighted by Crippen LogP contribution is -2.43. The number of carbonyl (C=O) groups is 1. The SMILES string of the molecule is CS(=O)(=O)NCC(=O)N[C@@H]1CCC[C@H](C2CC2)C1. The van der Waals surface area contributed by atoms with Crippen LogP contribution in [0.5, 0.6) is 0 Å². The number of hydrogen-bond donors (Lipinski definition) is 2. The zero-order valence-electron chi connectivity index (χ0n) is 10.8. The molecule has 0 radical (unpaired) electrons. The highest BCUT2D eigenvalue weighted by atomic mass is 32.2. The maximum absolute atomic E-state index is 11.6. The molecule has 1 amide bonds. The highest BCUT2D eigenvalue weighted by molar-refractivity contribution is 7.88. The quantitative estimate of drug-likeness (QED) is 0.772. The Bertz CT molecular complexity index is 404. The minimum absolute atomic E-state index is 0.149. The summed E-state index contributed by atoms with van der Waals surface area (Å²) in [6.07, 6.45) is 8.30. The van der Waals surface area contributed by atoms with Gasteiger partial charge in [-0.3, -0.25) is 4.79 Å². The van der Waals surface area contributed by atoms with Crippen LogP contribution < -0.4 is 10.0 Å². The molecule has 2 N–H and O–H groups in total. The molecule has 2 atom stereocenters. The van der Waals surface area contributed by atoms with Gasteiger partial charge < -0.3 is 5.32 Å². The number of amides is 1. The number of sulfonamides is 1. The van der Waals surface area contributed by atoms with Crippen LogP contribution in [-0.4, -0.2) is 33.2 Å². The molecular formula is C12H22N2O3S. The van der Waals surface area contributed by atoms with Crippen molar-refractivity contribution in [1.29, 1.82) is 0 Å². The second-order valence-corrected chi connectivity index (χ2v) is 7.45. The van der Waals surface area contributed by atoms with Crippen molar-refractivity contribution >= 4 is 15.9 Å². The van der Waals surface area contributed by atoms with Crippen molar-refractivity contribution in [2.45, 2.75) is 44.6 Å². The number of nitrogens with one attached hydrogen (secondary N) is 2. The largest absolute Gasteiger partial charge is 0.352 e. The van der Waals surface area contributed by atoms with Gasteiger partial charge in [-0.15, -0.1) is 0 Å². The van der Waals surface area contributed by atoms with Crippen LogP contribution in [0, 0.1) is 11.8 Å². The van der Waals surface area contributed by atoms with Crippen LogP contribution in [0.2, 0.25) is 0 Å². The first-order valence-corrected chi connectivity index (χ1v) is 8.57. The average Bonchev–Trinajstić information content (AvgIpc) is 3.10. The Morgan fingerprint density at radius 1 is 1.17 bits per heavy atom. The smallest absolute Gasteiger partial charge is 0.235 e. The normalized spacial score (nSPS) is 28.9. The van der Waals surface area contributed by atoms with Gasteiger partial charge in [-0.1, -0.05) is 12.8 Å². The summed E-state index contributed by atoms with van der Waals surface area (Å²) in [5, 5.41) is 2.94. The molecule has 6 heteroatoms. The van der Waals surface area contributed by atoms with Gasteiger partial charge in [0.25, 0.3) is 0 Å². The summed E-state index contributed by atoms with van der Waals surface area (Å²) in [4.78, 5) is 11.6. The van der Waals surface area contributed by atoms with Gasteiger partial charge in [-0.25, -0.2) is 13.1 Å². The lowest BCUT2D eigenvalue weighted by atomic mass is 9.83. The van der Waals surface area contributed by atoms with Gasteiger partial charge in [-0.2, -0.15) is 0 Å². The Hall–Kier alpha value is -0.620. The lowest BCUT2D eigenvalue weighted by molar-refractivity contribution is -0.121. The zero-order valence-corrected chi connectivity index (χ0v) is 11.6. The van der Waals surface area contributed by atoms with Crippen molar-refractivity contribution in [1.82, 2.24) is 10.0 Å². The fraction of sp³-hybridized carbons (Fsp3) is 0.917. The van der Waals surface area contributed by atoms with E-state index in [-0.39, 0.29) is 18.5 Å². The molecule has 0 aromatic carbocycles. The van der Waals surface area contributed by atoms with Crippen molar-refractivity contribution < 1.29 is 13.2 Å². The van der Waals surface area contributed by atoms with Crippen molar-refractivity contribution in [2.24, 2.45) is 11.8 Å². The van der Waals surface area contributed by atoms with Gasteiger partial charge in [0, 0.05) is 6.04 Å². The van der Waals surface area contributed by atoms with E-state index in [4.69, 9.17) is 0 Å². The van der Waals surface area contributed by atoms with Gasteiger partial charge in [0.1, 0.15) is 0 Å². The third-order valence-electron chi connectivity index (χ3n) is 3.86. The van der Waals surface area contributed by atoms with E-state index in [2.05, 4.69) is 10.0 Å². The Morgan fingerprint density at radius 2 is 1.89 bits per heavy atom. The highest BCUT2D eigenvalue weighted by Crippen LogP contribution is 2.43. The molecular weight excluding hydrogens is 252 g/mol. The van der Waals surface area contributed by atoms with E-state index in [9.17, 15) is 13.2 Å². The van der Waals surface area contributed by atoms with E-state index in [0.717, 1.165) is 30.9 Å². The van der Waals surface area contributed by atoms with E-state index >= 15 is 0 Å². The van der Waals surface area contributed by atoms with Gasteiger partial charge in [0.2, 0.25) is 15.9 Å². The number of rotatable bonds is 5. The molecule has 0 aromatic rings. The third-order valence-corrected chi connectivity index (χ3v) is 4.53. The topological polar surface area (TPSA) is 75.3 Å². The summed E-state index contributed by atoms with van der Waals surface area (Å²) in [6.45, 7) is -0.149. The minimum atomic E-state index is -3.29.